The summed E-state index contributed by atoms with van der Waals surface area (Å²) < 4.78 is 28.5. The molecule has 0 aliphatic carbocycles. The van der Waals surface area contributed by atoms with E-state index in [0.29, 0.717) is 11.3 Å². The van der Waals surface area contributed by atoms with Crippen molar-refractivity contribution in [1.29, 1.82) is 0 Å². The summed E-state index contributed by atoms with van der Waals surface area (Å²) in [6.45, 7) is -0.921. The van der Waals surface area contributed by atoms with E-state index >= 15 is 0 Å². The van der Waals surface area contributed by atoms with Crippen molar-refractivity contribution in [2.45, 2.75) is 20.0 Å². The maximum absolute atomic E-state index is 12.1. The van der Waals surface area contributed by atoms with Gasteiger partial charge in [-0.15, -0.1) is 0 Å². The van der Waals surface area contributed by atoms with Gasteiger partial charge in [0.25, 0.3) is 5.91 Å². The third-order valence-corrected chi connectivity index (χ3v) is 3.33. The molecule has 0 radical (unpaired) electrons. The van der Waals surface area contributed by atoms with Crippen LogP contribution in [-0.2, 0) is 6.42 Å². The summed E-state index contributed by atoms with van der Waals surface area (Å²) in [5.41, 5.74) is 2.03. The van der Waals surface area contributed by atoms with Gasteiger partial charge < -0.3 is 10.1 Å². The highest BCUT2D eigenvalue weighted by molar-refractivity contribution is 6.32. The molecule has 0 bridgehead atoms. The van der Waals surface area contributed by atoms with Crippen molar-refractivity contribution in [3.8, 4) is 5.75 Å². The third-order valence-electron chi connectivity index (χ3n) is 3.03. The number of halogens is 3. The Kier molecular flexibility index (Phi) is 5.33. The lowest BCUT2D eigenvalue weighted by atomic mass is 10.1. The van der Waals surface area contributed by atoms with Crippen LogP contribution in [0.3, 0.4) is 0 Å². The number of alkyl halides is 2. The van der Waals surface area contributed by atoms with Crippen molar-refractivity contribution >= 4 is 23.2 Å². The van der Waals surface area contributed by atoms with E-state index in [2.05, 4.69) is 10.1 Å². The van der Waals surface area contributed by atoms with Gasteiger partial charge in [0, 0.05) is 11.3 Å². The Hall–Kier alpha value is -2.14. The highest BCUT2D eigenvalue weighted by Gasteiger charge is 2.11. The number of amides is 1. The predicted octanol–water partition coefficient (Wildman–Crippen LogP) is 4.76. The van der Waals surface area contributed by atoms with Crippen LogP contribution in [-0.4, -0.2) is 12.5 Å². The number of hydrogen-bond acceptors (Lipinski definition) is 2. The Morgan fingerprint density at radius 2 is 1.91 bits per heavy atom. The summed E-state index contributed by atoms with van der Waals surface area (Å²) in [6.07, 6.45) is 0.892. The fourth-order valence-corrected chi connectivity index (χ4v) is 2.09. The summed E-state index contributed by atoms with van der Waals surface area (Å²) >= 11 is 5.83. The van der Waals surface area contributed by atoms with Crippen molar-refractivity contribution < 1.29 is 18.3 Å². The first kappa shape index (κ1) is 16.2. The number of anilines is 1. The van der Waals surface area contributed by atoms with Gasteiger partial charge in [-0.05, 0) is 42.3 Å². The van der Waals surface area contributed by atoms with Gasteiger partial charge in [0.15, 0.2) is 0 Å². The quantitative estimate of drug-likeness (QED) is 0.861. The summed E-state index contributed by atoms with van der Waals surface area (Å²) in [4.78, 5) is 12.1. The van der Waals surface area contributed by atoms with Gasteiger partial charge in [0.05, 0.1) is 5.02 Å². The maximum Gasteiger partial charge on any atom is 0.387 e. The Bertz CT molecular complexity index is 660. The molecule has 22 heavy (non-hydrogen) atoms. The molecule has 0 unspecified atom stereocenters. The monoisotopic (exact) mass is 325 g/mol. The second kappa shape index (κ2) is 7.22. The van der Waals surface area contributed by atoms with Crippen LogP contribution >= 0.6 is 11.6 Å². The van der Waals surface area contributed by atoms with E-state index in [4.69, 9.17) is 11.6 Å². The SMILES string of the molecule is CCc1ccc(C(=O)Nc2ccc(OC(F)F)c(Cl)c2)cc1. The smallest absolute Gasteiger partial charge is 0.387 e. The molecule has 0 fully saturated rings. The van der Waals surface area contributed by atoms with Gasteiger partial charge >= 0.3 is 6.61 Å². The molecule has 116 valence electrons. The standard InChI is InChI=1S/C16H14ClF2NO2/c1-2-10-3-5-11(6-4-10)15(21)20-12-7-8-14(13(17)9-12)22-16(18)19/h3-9,16H,2H2,1H3,(H,20,21). The molecule has 0 aromatic heterocycles. The Morgan fingerprint density at radius 1 is 1.23 bits per heavy atom. The first-order chi connectivity index (χ1) is 10.5. The molecule has 0 atom stereocenters. The molecule has 0 saturated carbocycles. The van der Waals surface area contributed by atoms with Crippen LogP contribution in [0.5, 0.6) is 5.75 Å². The van der Waals surface area contributed by atoms with Crippen molar-refractivity contribution in [3.63, 3.8) is 0 Å². The molecule has 3 nitrogen and oxygen atoms in total. The Balaban J connectivity index is 2.09. The van der Waals surface area contributed by atoms with Gasteiger partial charge in [0.1, 0.15) is 5.75 Å². The average molecular weight is 326 g/mol. The molecule has 2 aromatic carbocycles. The van der Waals surface area contributed by atoms with Crippen LogP contribution < -0.4 is 10.1 Å². The van der Waals surface area contributed by atoms with Crippen LogP contribution in [0.4, 0.5) is 14.5 Å². The minimum absolute atomic E-state index is 0.000527. The number of rotatable bonds is 5. The van der Waals surface area contributed by atoms with Crippen molar-refractivity contribution in [2.75, 3.05) is 5.32 Å². The summed E-state index contributed by atoms with van der Waals surface area (Å²) in [5.74, 6) is -0.441. The number of aryl methyl sites for hydroxylation is 1. The summed E-state index contributed by atoms with van der Waals surface area (Å²) in [6, 6.07) is 11.3. The molecule has 2 aromatic rings. The fraction of sp³-hybridized carbons (Fsp3) is 0.188. The van der Waals surface area contributed by atoms with Gasteiger partial charge in [-0.2, -0.15) is 8.78 Å². The lowest BCUT2D eigenvalue weighted by molar-refractivity contribution is -0.0497. The lowest BCUT2D eigenvalue weighted by Gasteiger charge is -2.10. The average Bonchev–Trinajstić information content (AvgIpc) is 2.49. The highest BCUT2D eigenvalue weighted by atomic mass is 35.5. The van der Waals surface area contributed by atoms with Crippen LogP contribution in [0, 0.1) is 0 Å². The molecule has 1 N–H and O–H groups in total. The Labute approximate surface area is 131 Å². The predicted molar refractivity (Wildman–Crippen MR) is 81.9 cm³/mol. The van der Waals surface area contributed by atoms with Gasteiger partial charge in [-0.3, -0.25) is 4.79 Å². The number of carbonyl (C=O) groups excluding carboxylic acids is 1. The third kappa shape index (κ3) is 4.18. The van der Waals surface area contributed by atoms with E-state index in [0.717, 1.165) is 12.0 Å². The zero-order valence-corrected chi connectivity index (χ0v) is 12.5. The summed E-state index contributed by atoms with van der Waals surface area (Å²) in [5, 5.41) is 2.65. The minimum atomic E-state index is -2.95. The van der Waals surface area contributed by atoms with E-state index in [1.807, 2.05) is 19.1 Å². The zero-order chi connectivity index (χ0) is 16.1. The van der Waals surface area contributed by atoms with E-state index in [-0.39, 0.29) is 16.7 Å². The van der Waals surface area contributed by atoms with E-state index in [1.54, 1.807) is 12.1 Å². The molecular weight excluding hydrogens is 312 g/mol. The van der Waals surface area contributed by atoms with E-state index < -0.39 is 6.61 Å². The molecule has 0 aliphatic heterocycles. The molecular formula is C16H14ClF2NO2. The van der Waals surface area contributed by atoms with E-state index in [1.165, 1.54) is 18.2 Å². The number of ether oxygens (including phenoxy) is 1. The first-order valence-corrected chi connectivity index (χ1v) is 7.02. The first-order valence-electron chi connectivity index (χ1n) is 6.64. The highest BCUT2D eigenvalue weighted by Crippen LogP contribution is 2.29. The Morgan fingerprint density at radius 3 is 2.45 bits per heavy atom. The van der Waals surface area contributed by atoms with Gasteiger partial charge in [-0.25, -0.2) is 0 Å². The normalized spacial score (nSPS) is 10.6. The molecule has 1 amide bonds. The van der Waals surface area contributed by atoms with Crippen LogP contribution in [0.2, 0.25) is 5.02 Å². The number of nitrogens with one attached hydrogen (secondary N) is 1. The second-order valence-corrected chi connectivity index (χ2v) is 4.94. The second-order valence-electron chi connectivity index (χ2n) is 4.53. The summed E-state index contributed by atoms with van der Waals surface area (Å²) in [7, 11) is 0. The van der Waals surface area contributed by atoms with Crippen molar-refractivity contribution in [3.05, 3.63) is 58.6 Å². The van der Waals surface area contributed by atoms with Gasteiger partial charge in [-0.1, -0.05) is 30.7 Å². The van der Waals surface area contributed by atoms with E-state index in [9.17, 15) is 13.6 Å². The topological polar surface area (TPSA) is 38.3 Å². The minimum Gasteiger partial charge on any atom is -0.433 e. The van der Waals surface area contributed by atoms with Crippen molar-refractivity contribution in [1.82, 2.24) is 0 Å². The zero-order valence-electron chi connectivity index (χ0n) is 11.8. The molecule has 2 rings (SSSR count). The number of carbonyl (C=O) groups is 1. The largest absolute Gasteiger partial charge is 0.433 e. The molecule has 0 aliphatic rings. The lowest BCUT2D eigenvalue weighted by Crippen LogP contribution is -2.12. The number of hydrogen-bond donors (Lipinski definition) is 1. The van der Waals surface area contributed by atoms with Crippen molar-refractivity contribution in [2.24, 2.45) is 0 Å². The van der Waals surface area contributed by atoms with Crippen LogP contribution in [0.1, 0.15) is 22.8 Å². The maximum atomic E-state index is 12.1. The van der Waals surface area contributed by atoms with Crippen LogP contribution in [0.25, 0.3) is 0 Å². The molecule has 0 saturated heterocycles. The molecule has 6 heteroatoms. The van der Waals surface area contributed by atoms with Gasteiger partial charge in [0.2, 0.25) is 0 Å². The number of benzene rings is 2. The fourth-order valence-electron chi connectivity index (χ4n) is 1.87. The molecule has 0 heterocycles. The molecule has 0 spiro atoms. The van der Waals surface area contributed by atoms with Crippen LogP contribution in [0.15, 0.2) is 42.5 Å².